The second-order valence-electron chi connectivity index (χ2n) is 4.27. The second-order valence-corrected chi connectivity index (χ2v) is 5.38. The third-order valence-corrected chi connectivity index (χ3v) is 3.94. The summed E-state index contributed by atoms with van der Waals surface area (Å²) >= 11 is 1.45. The van der Waals surface area contributed by atoms with Gasteiger partial charge in [-0.3, -0.25) is 14.6 Å². The van der Waals surface area contributed by atoms with Crippen LogP contribution >= 0.6 is 11.8 Å². The van der Waals surface area contributed by atoms with E-state index in [0.717, 1.165) is 12.5 Å². The van der Waals surface area contributed by atoms with Crippen molar-refractivity contribution in [3.63, 3.8) is 0 Å². The van der Waals surface area contributed by atoms with Crippen LogP contribution in [0.3, 0.4) is 0 Å². The molecule has 8 heteroatoms. The average molecular weight is 312 g/mol. The van der Waals surface area contributed by atoms with Gasteiger partial charge in [-0.15, -0.1) is 11.8 Å². The first-order valence-corrected chi connectivity index (χ1v) is 7.12. The molecule has 1 saturated heterocycles. The molecule has 1 aromatic heterocycles. The second kappa shape index (κ2) is 7.63. The van der Waals surface area contributed by atoms with E-state index in [1.54, 1.807) is 18.5 Å². The quantitative estimate of drug-likeness (QED) is 0.845. The third kappa shape index (κ3) is 4.75. The number of hydrogen-bond acceptors (Lipinski definition) is 5. The van der Waals surface area contributed by atoms with Crippen LogP contribution < -0.4 is 0 Å². The van der Waals surface area contributed by atoms with Crippen LogP contribution in [0.1, 0.15) is 24.8 Å². The molecule has 1 aliphatic heterocycles. The van der Waals surface area contributed by atoms with Crippen LogP contribution in [0, 0.1) is 0 Å². The van der Waals surface area contributed by atoms with Crippen molar-refractivity contribution in [3.8, 4) is 0 Å². The van der Waals surface area contributed by atoms with Crippen LogP contribution in [0.5, 0.6) is 0 Å². The van der Waals surface area contributed by atoms with Gasteiger partial charge in [0.25, 0.3) is 5.97 Å². The Balaban J connectivity index is 0.000000491. The molecule has 2 rings (SSSR count). The van der Waals surface area contributed by atoms with Gasteiger partial charge in [0.15, 0.2) is 0 Å². The van der Waals surface area contributed by atoms with Gasteiger partial charge in [-0.05, 0) is 6.07 Å². The Morgan fingerprint density at radius 3 is 2.38 bits per heavy atom. The summed E-state index contributed by atoms with van der Waals surface area (Å²) < 4.78 is 0. The lowest BCUT2D eigenvalue weighted by Gasteiger charge is -2.25. The van der Waals surface area contributed by atoms with Crippen molar-refractivity contribution in [2.75, 3.05) is 5.75 Å². The Labute approximate surface area is 126 Å². The average Bonchev–Trinajstić information content (AvgIpc) is 2.84. The molecule has 1 aliphatic rings. The van der Waals surface area contributed by atoms with Crippen LogP contribution in [0.15, 0.2) is 24.5 Å². The van der Waals surface area contributed by atoms with Crippen molar-refractivity contribution in [1.82, 2.24) is 9.88 Å². The Morgan fingerprint density at radius 1 is 1.33 bits per heavy atom. The van der Waals surface area contributed by atoms with Gasteiger partial charge in [0, 0.05) is 37.6 Å². The first kappa shape index (κ1) is 17.0. The third-order valence-electron chi connectivity index (χ3n) is 2.62. The van der Waals surface area contributed by atoms with Crippen LogP contribution in [-0.4, -0.2) is 49.7 Å². The molecule has 2 unspecified atom stereocenters. The molecule has 1 amide bonds. The SMILES string of the molecule is CC(=O)N1C(C(=O)O)CSC1c1cccnc1.CC(=O)O. The number of carbonyl (C=O) groups excluding carboxylic acids is 1. The first-order chi connectivity index (χ1) is 9.84. The molecule has 2 N–H and O–H groups in total. The van der Waals surface area contributed by atoms with E-state index in [1.807, 2.05) is 6.07 Å². The number of thioether (sulfide) groups is 1. The maximum Gasteiger partial charge on any atom is 0.327 e. The number of aliphatic carboxylic acids is 2. The fraction of sp³-hybridized carbons (Fsp3) is 0.385. The number of aromatic nitrogens is 1. The number of nitrogens with zero attached hydrogens (tertiary/aromatic N) is 2. The largest absolute Gasteiger partial charge is 0.481 e. The molecule has 7 nitrogen and oxygen atoms in total. The van der Waals surface area contributed by atoms with E-state index in [2.05, 4.69) is 4.98 Å². The summed E-state index contributed by atoms with van der Waals surface area (Å²) in [5.74, 6) is -1.61. The number of hydrogen-bond donors (Lipinski definition) is 2. The first-order valence-electron chi connectivity index (χ1n) is 6.07. The van der Waals surface area contributed by atoms with Gasteiger partial charge in [-0.2, -0.15) is 0 Å². The summed E-state index contributed by atoms with van der Waals surface area (Å²) in [7, 11) is 0. The highest BCUT2D eigenvalue weighted by molar-refractivity contribution is 7.99. The fourth-order valence-electron chi connectivity index (χ4n) is 1.86. The molecule has 0 aliphatic carbocycles. The van der Waals surface area contributed by atoms with Gasteiger partial charge in [0.2, 0.25) is 5.91 Å². The minimum Gasteiger partial charge on any atom is -0.481 e. The molecule has 114 valence electrons. The van der Waals surface area contributed by atoms with E-state index in [1.165, 1.54) is 23.6 Å². The van der Waals surface area contributed by atoms with E-state index in [0.29, 0.717) is 5.75 Å². The van der Waals surface area contributed by atoms with Gasteiger partial charge in [-0.25, -0.2) is 4.79 Å². The highest BCUT2D eigenvalue weighted by Gasteiger charge is 2.40. The summed E-state index contributed by atoms with van der Waals surface area (Å²) in [6.07, 6.45) is 3.31. The van der Waals surface area contributed by atoms with Crippen molar-refractivity contribution in [1.29, 1.82) is 0 Å². The lowest BCUT2D eigenvalue weighted by molar-refractivity contribution is -0.148. The highest BCUT2D eigenvalue weighted by atomic mass is 32.2. The maximum absolute atomic E-state index is 11.6. The predicted molar refractivity (Wildman–Crippen MR) is 76.7 cm³/mol. The number of amides is 1. The molecule has 1 fully saturated rings. The van der Waals surface area contributed by atoms with Crippen molar-refractivity contribution in [2.24, 2.45) is 0 Å². The Hall–Kier alpha value is -2.09. The fourth-order valence-corrected chi connectivity index (χ4v) is 3.32. The monoisotopic (exact) mass is 312 g/mol. The molecule has 2 atom stereocenters. The molecule has 1 aromatic rings. The molecule has 0 bridgehead atoms. The number of carbonyl (C=O) groups is 3. The lowest BCUT2D eigenvalue weighted by Crippen LogP contribution is -2.41. The minimum absolute atomic E-state index is 0.226. The highest BCUT2D eigenvalue weighted by Crippen LogP contribution is 2.40. The van der Waals surface area contributed by atoms with Crippen molar-refractivity contribution in [3.05, 3.63) is 30.1 Å². The van der Waals surface area contributed by atoms with E-state index in [9.17, 15) is 9.59 Å². The number of rotatable bonds is 2. The Morgan fingerprint density at radius 2 is 1.95 bits per heavy atom. The molecule has 21 heavy (non-hydrogen) atoms. The maximum atomic E-state index is 11.6. The predicted octanol–water partition coefficient (Wildman–Crippen LogP) is 1.22. The van der Waals surface area contributed by atoms with Gasteiger partial charge < -0.3 is 15.1 Å². The van der Waals surface area contributed by atoms with Crippen LogP contribution in [-0.2, 0) is 14.4 Å². The van der Waals surface area contributed by atoms with E-state index >= 15 is 0 Å². The van der Waals surface area contributed by atoms with Crippen LogP contribution in [0.25, 0.3) is 0 Å². The molecular formula is C13H16N2O5S. The Kier molecular flexibility index (Phi) is 6.16. The summed E-state index contributed by atoms with van der Waals surface area (Å²) in [5.41, 5.74) is 0.858. The summed E-state index contributed by atoms with van der Waals surface area (Å²) in [6, 6.07) is 2.88. The zero-order valence-electron chi connectivity index (χ0n) is 11.6. The van der Waals surface area contributed by atoms with E-state index in [-0.39, 0.29) is 11.3 Å². The smallest absolute Gasteiger partial charge is 0.327 e. The zero-order chi connectivity index (χ0) is 16.0. The summed E-state index contributed by atoms with van der Waals surface area (Å²) in [5, 5.41) is 16.2. The number of pyridine rings is 1. The molecule has 0 spiro atoms. The number of carboxylic acids is 2. The van der Waals surface area contributed by atoms with Gasteiger partial charge >= 0.3 is 5.97 Å². The standard InChI is InChI=1S/C11H12N2O3S.C2H4O2/c1-7(14)13-9(11(15)16)6-17-10(13)8-3-2-4-12-5-8;1-2(3)4/h2-5,9-10H,6H2,1H3,(H,15,16);1H3,(H,3,4). The van der Waals surface area contributed by atoms with Crippen LogP contribution in [0.2, 0.25) is 0 Å². The van der Waals surface area contributed by atoms with Crippen molar-refractivity contribution < 1.29 is 24.6 Å². The topological polar surface area (TPSA) is 108 Å². The summed E-state index contributed by atoms with van der Waals surface area (Å²) in [6.45, 7) is 2.48. The molecule has 2 heterocycles. The summed E-state index contributed by atoms with van der Waals surface area (Å²) in [4.78, 5) is 37.0. The van der Waals surface area contributed by atoms with E-state index < -0.39 is 18.0 Å². The molecular weight excluding hydrogens is 296 g/mol. The van der Waals surface area contributed by atoms with Crippen LogP contribution in [0.4, 0.5) is 0 Å². The molecule has 0 saturated carbocycles. The molecule has 0 aromatic carbocycles. The minimum atomic E-state index is -0.959. The van der Waals surface area contributed by atoms with E-state index in [4.69, 9.17) is 15.0 Å². The molecule has 0 radical (unpaired) electrons. The zero-order valence-corrected chi connectivity index (χ0v) is 12.4. The van der Waals surface area contributed by atoms with Gasteiger partial charge in [-0.1, -0.05) is 6.07 Å². The van der Waals surface area contributed by atoms with Crippen molar-refractivity contribution in [2.45, 2.75) is 25.3 Å². The number of carboxylic acid groups (broad SMARTS) is 2. The lowest BCUT2D eigenvalue weighted by atomic mass is 10.2. The normalized spacial score (nSPS) is 20.4. The van der Waals surface area contributed by atoms with Crippen molar-refractivity contribution >= 4 is 29.6 Å². The van der Waals surface area contributed by atoms with Gasteiger partial charge in [0.05, 0.1) is 0 Å². The Bertz CT molecular complexity index is 519. The van der Waals surface area contributed by atoms with Gasteiger partial charge in [0.1, 0.15) is 11.4 Å².